The highest BCUT2D eigenvalue weighted by Gasteiger charge is 2.15. The average Bonchev–Trinajstić information content (AvgIpc) is 3.15. The lowest BCUT2D eigenvalue weighted by Crippen LogP contribution is -2.10. The van der Waals surface area contributed by atoms with E-state index in [0.717, 1.165) is 21.9 Å². The van der Waals surface area contributed by atoms with E-state index in [0.29, 0.717) is 0 Å². The van der Waals surface area contributed by atoms with E-state index >= 15 is 0 Å². The molecule has 0 unspecified atom stereocenters. The van der Waals surface area contributed by atoms with E-state index in [1.54, 1.807) is 11.3 Å². The molecular weight excluding hydrogens is 326 g/mol. The van der Waals surface area contributed by atoms with Gasteiger partial charge in [0.05, 0.1) is 11.4 Å². The van der Waals surface area contributed by atoms with E-state index < -0.39 is 0 Å². The van der Waals surface area contributed by atoms with Crippen LogP contribution in [0.4, 0.5) is 5.69 Å². The van der Waals surface area contributed by atoms with Crippen LogP contribution in [0.2, 0.25) is 0 Å². The van der Waals surface area contributed by atoms with Crippen LogP contribution in [-0.4, -0.2) is 9.38 Å². The Balaban J connectivity index is 1.74. The molecule has 3 nitrogen and oxygen atoms in total. The minimum absolute atomic E-state index is 0.166. The number of aromatic nitrogens is 2. The summed E-state index contributed by atoms with van der Waals surface area (Å²) in [5.41, 5.74) is 12.5. The number of hydrogen-bond acceptors (Lipinski definition) is 3. The first-order valence-corrected chi connectivity index (χ1v) is 9.23. The Hall–Kier alpha value is -2.59. The van der Waals surface area contributed by atoms with Crippen LogP contribution in [0, 0.1) is 0 Å². The van der Waals surface area contributed by atoms with Gasteiger partial charge in [-0.2, -0.15) is 0 Å². The third-order valence-electron chi connectivity index (χ3n) is 4.46. The van der Waals surface area contributed by atoms with Gasteiger partial charge in [-0.25, -0.2) is 4.98 Å². The Morgan fingerprint density at radius 3 is 2.20 bits per heavy atom. The average molecular weight is 347 g/mol. The van der Waals surface area contributed by atoms with E-state index in [1.165, 1.54) is 16.8 Å². The second-order valence-corrected chi connectivity index (χ2v) is 8.19. The molecule has 0 saturated carbocycles. The largest absolute Gasteiger partial charge is 0.399 e. The highest BCUT2D eigenvalue weighted by molar-refractivity contribution is 7.15. The topological polar surface area (TPSA) is 43.3 Å². The molecule has 0 radical (unpaired) electrons. The molecule has 0 atom stereocenters. The first-order valence-electron chi connectivity index (χ1n) is 8.35. The lowest BCUT2D eigenvalue weighted by Gasteiger charge is -2.19. The summed E-state index contributed by atoms with van der Waals surface area (Å²) in [6.45, 7) is 6.71. The Bertz CT molecular complexity index is 1020. The zero-order chi connectivity index (χ0) is 17.6. The number of thiazole rings is 1. The number of rotatable bonds is 2. The predicted octanol–water partition coefficient (Wildman–Crippen LogP) is 5.61. The highest BCUT2D eigenvalue weighted by atomic mass is 32.1. The van der Waals surface area contributed by atoms with Crippen LogP contribution >= 0.6 is 11.3 Å². The Kier molecular flexibility index (Phi) is 3.65. The summed E-state index contributed by atoms with van der Waals surface area (Å²) < 4.78 is 2.17. The van der Waals surface area contributed by atoms with Gasteiger partial charge < -0.3 is 5.73 Å². The minimum atomic E-state index is 0.166. The number of anilines is 1. The van der Waals surface area contributed by atoms with Gasteiger partial charge in [-0.1, -0.05) is 57.2 Å². The maximum Gasteiger partial charge on any atom is 0.194 e. The van der Waals surface area contributed by atoms with Crippen molar-refractivity contribution < 1.29 is 0 Å². The molecule has 4 aromatic rings. The molecule has 0 amide bonds. The number of nitrogen functional groups attached to an aromatic ring is 1. The normalized spacial score (nSPS) is 12.0. The number of imidazole rings is 1. The first-order chi connectivity index (χ1) is 11.9. The van der Waals surface area contributed by atoms with Crippen molar-refractivity contribution >= 4 is 22.0 Å². The van der Waals surface area contributed by atoms with Crippen LogP contribution in [0.1, 0.15) is 26.3 Å². The van der Waals surface area contributed by atoms with Gasteiger partial charge in [-0.3, -0.25) is 4.40 Å². The first kappa shape index (κ1) is 15.9. The number of benzene rings is 2. The van der Waals surface area contributed by atoms with Gasteiger partial charge in [0, 0.05) is 22.8 Å². The smallest absolute Gasteiger partial charge is 0.194 e. The maximum atomic E-state index is 5.78. The van der Waals surface area contributed by atoms with Crippen LogP contribution in [0.3, 0.4) is 0 Å². The second-order valence-electron chi connectivity index (χ2n) is 7.35. The third kappa shape index (κ3) is 2.94. The summed E-state index contributed by atoms with van der Waals surface area (Å²) in [4.78, 5) is 5.76. The van der Waals surface area contributed by atoms with E-state index in [1.807, 2.05) is 24.3 Å². The number of nitrogens with zero attached hydrogens (tertiary/aromatic N) is 2. The molecule has 0 fully saturated rings. The summed E-state index contributed by atoms with van der Waals surface area (Å²) in [6, 6.07) is 16.7. The van der Waals surface area contributed by atoms with Crippen molar-refractivity contribution in [1.29, 1.82) is 0 Å². The van der Waals surface area contributed by atoms with Crippen molar-refractivity contribution in [2.75, 3.05) is 5.73 Å². The lowest BCUT2D eigenvalue weighted by molar-refractivity contribution is 0.590. The van der Waals surface area contributed by atoms with Crippen molar-refractivity contribution in [2.45, 2.75) is 26.2 Å². The molecule has 0 aliphatic heterocycles. The van der Waals surface area contributed by atoms with Crippen molar-refractivity contribution in [3.8, 4) is 22.5 Å². The molecular formula is C21H21N3S. The van der Waals surface area contributed by atoms with Crippen molar-refractivity contribution in [1.82, 2.24) is 9.38 Å². The van der Waals surface area contributed by atoms with Gasteiger partial charge in [0.2, 0.25) is 0 Å². The molecule has 0 aliphatic rings. The van der Waals surface area contributed by atoms with Crippen LogP contribution in [0.25, 0.3) is 27.5 Å². The number of fused-ring (bicyclic) bond motifs is 1. The van der Waals surface area contributed by atoms with Crippen LogP contribution in [0.5, 0.6) is 0 Å². The summed E-state index contributed by atoms with van der Waals surface area (Å²) in [5.74, 6) is 0. The zero-order valence-corrected chi connectivity index (χ0v) is 15.5. The van der Waals surface area contributed by atoms with Crippen molar-refractivity contribution in [3.63, 3.8) is 0 Å². The maximum absolute atomic E-state index is 5.78. The SMILES string of the molecule is CC(C)(C)c1ccc(-c2csc3nc(-c4ccc(N)cc4)cn23)cc1. The summed E-state index contributed by atoms with van der Waals surface area (Å²) in [6.07, 6.45) is 2.10. The molecule has 2 heterocycles. The third-order valence-corrected chi connectivity index (χ3v) is 5.30. The Morgan fingerprint density at radius 1 is 0.920 bits per heavy atom. The lowest BCUT2D eigenvalue weighted by atomic mass is 9.86. The van der Waals surface area contributed by atoms with E-state index in [4.69, 9.17) is 10.7 Å². The van der Waals surface area contributed by atoms with E-state index in [2.05, 4.69) is 61.0 Å². The predicted molar refractivity (Wildman–Crippen MR) is 107 cm³/mol. The fourth-order valence-electron chi connectivity index (χ4n) is 2.93. The second kappa shape index (κ2) is 5.74. The molecule has 2 N–H and O–H groups in total. The van der Waals surface area contributed by atoms with Crippen molar-refractivity contribution in [3.05, 3.63) is 65.7 Å². The molecule has 0 spiro atoms. The van der Waals surface area contributed by atoms with E-state index in [9.17, 15) is 0 Å². The molecule has 0 aliphatic carbocycles. The molecule has 4 heteroatoms. The molecule has 2 aromatic carbocycles. The van der Waals surface area contributed by atoms with Gasteiger partial charge in [-0.05, 0) is 28.7 Å². The number of nitrogens with two attached hydrogens (primary N) is 1. The Labute approximate surface area is 151 Å². The fraction of sp³-hybridized carbons (Fsp3) is 0.190. The van der Waals surface area contributed by atoms with Gasteiger partial charge in [0.15, 0.2) is 4.96 Å². The van der Waals surface area contributed by atoms with Crippen LogP contribution in [0.15, 0.2) is 60.1 Å². The summed E-state index contributed by atoms with van der Waals surface area (Å²) in [5, 5.41) is 2.17. The van der Waals surface area contributed by atoms with Crippen LogP contribution < -0.4 is 5.73 Å². The van der Waals surface area contributed by atoms with E-state index in [-0.39, 0.29) is 5.41 Å². The fourth-order valence-corrected chi connectivity index (χ4v) is 3.81. The number of hydrogen-bond donors (Lipinski definition) is 1. The van der Waals surface area contributed by atoms with Crippen molar-refractivity contribution in [2.24, 2.45) is 0 Å². The molecule has 0 saturated heterocycles. The van der Waals surface area contributed by atoms with Gasteiger partial charge in [0.25, 0.3) is 0 Å². The molecule has 4 rings (SSSR count). The molecule has 25 heavy (non-hydrogen) atoms. The standard InChI is InChI=1S/C21H21N3S/c1-21(2,3)16-8-4-15(5-9-16)19-13-25-20-23-18(12-24(19)20)14-6-10-17(22)11-7-14/h4-13H,22H2,1-3H3. The van der Waals surface area contributed by atoms with Gasteiger partial charge >= 0.3 is 0 Å². The highest BCUT2D eigenvalue weighted by Crippen LogP contribution is 2.31. The van der Waals surface area contributed by atoms with Gasteiger partial charge in [0.1, 0.15) is 0 Å². The zero-order valence-electron chi connectivity index (χ0n) is 14.7. The Morgan fingerprint density at radius 2 is 1.56 bits per heavy atom. The monoisotopic (exact) mass is 347 g/mol. The minimum Gasteiger partial charge on any atom is -0.399 e. The quantitative estimate of drug-likeness (QED) is 0.479. The molecule has 0 bridgehead atoms. The summed E-state index contributed by atoms with van der Waals surface area (Å²) in [7, 11) is 0. The van der Waals surface area contributed by atoms with Gasteiger partial charge in [-0.15, -0.1) is 11.3 Å². The molecule has 2 aromatic heterocycles. The van der Waals surface area contributed by atoms with Crippen LogP contribution in [-0.2, 0) is 5.41 Å². The molecule has 126 valence electrons. The summed E-state index contributed by atoms with van der Waals surface area (Å²) >= 11 is 1.66.